The number of hydrogen-bond donors (Lipinski definition) is 1. The standard InChI is InChI=1S/C18H38S/c1-2-3-4-5-6-7-8-9-10-11-12-13-14-15-16-17-18-19/h19H,2-18H2,1H3/i18D2. The molecule has 0 radical (unpaired) electrons. The Balaban J connectivity index is 3.00. The van der Waals surface area contributed by atoms with Crippen LogP contribution in [-0.2, 0) is 0 Å². The average Bonchev–Trinajstić information content (AvgIpc) is 2.42. The third-order valence-electron chi connectivity index (χ3n) is 3.89. The van der Waals surface area contributed by atoms with E-state index < -0.39 is 5.70 Å². The summed E-state index contributed by atoms with van der Waals surface area (Å²) in [5.41, 5.74) is -1.27. The Bertz CT molecular complexity index is 202. The predicted molar refractivity (Wildman–Crippen MR) is 93.4 cm³/mol. The van der Waals surface area contributed by atoms with Crippen molar-refractivity contribution < 1.29 is 2.74 Å². The zero-order chi connectivity index (χ0) is 15.8. The van der Waals surface area contributed by atoms with E-state index in [1.807, 2.05) is 0 Å². The van der Waals surface area contributed by atoms with Gasteiger partial charge in [0, 0.05) is 2.74 Å². The van der Waals surface area contributed by atoms with Gasteiger partial charge in [0.2, 0.25) is 0 Å². The quantitative estimate of drug-likeness (QED) is 0.226. The van der Waals surface area contributed by atoms with Gasteiger partial charge in [-0.2, -0.15) is 12.6 Å². The maximum Gasteiger partial charge on any atom is 0.0378 e. The van der Waals surface area contributed by atoms with E-state index >= 15 is 0 Å². The summed E-state index contributed by atoms with van der Waals surface area (Å²) in [6.45, 7) is 2.28. The van der Waals surface area contributed by atoms with Crippen LogP contribution in [0.2, 0.25) is 0 Å². The summed E-state index contributed by atoms with van der Waals surface area (Å²) in [4.78, 5) is 0. The first-order valence-corrected chi connectivity index (χ1v) is 9.23. The van der Waals surface area contributed by atoms with Gasteiger partial charge < -0.3 is 0 Å². The van der Waals surface area contributed by atoms with Gasteiger partial charge in [-0.25, -0.2) is 0 Å². The fourth-order valence-electron chi connectivity index (χ4n) is 2.58. The van der Waals surface area contributed by atoms with Gasteiger partial charge in [0.1, 0.15) is 0 Å². The van der Waals surface area contributed by atoms with Gasteiger partial charge in [0.15, 0.2) is 0 Å². The van der Waals surface area contributed by atoms with E-state index in [9.17, 15) is 0 Å². The molecule has 0 aromatic carbocycles. The number of hydrogen-bond acceptors (Lipinski definition) is 1. The van der Waals surface area contributed by atoms with Crippen molar-refractivity contribution in [3.8, 4) is 0 Å². The molecule has 0 aromatic rings. The molecule has 0 saturated carbocycles. The molecule has 19 heavy (non-hydrogen) atoms. The van der Waals surface area contributed by atoms with E-state index in [2.05, 4.69) is 19.6 Å². The topological polar surface area (TPSA) is 0 Å². The van der Waals surface area contributed by atoms with Crippen LogP contribution in [0, 0.1) is 0 Å². The van der Waals surface area contributed by atoms with E-state index in [1.54, 1.807) is 0 Å². The molecular formula is C18H38S. The molecule has 0 aliphatic heterocycles. The molecule has 0 heterocycles. The first-order chi connectivity index (χ1) is 10.1. The first kappa shape index (κ1) is 15.7. The summed E-state index contributed by atoms with van der Waals surface area (Å²) in [7, 11) is 0. The fraction of sp³-hybridized carbons (Fsp3) is 1.00. The van der Waals surface area contributed by atoms with E-state index in [1.165, 1.54) is 83.5 Å². The Morgan fingerprint density at radius 3 is 1.05 bits per heavy atom. The third kappa shape index (κ3) is 18.4. The molecule has 0 unspecified atom stereocenters. The Morgan fingerprint density at radius 2 is 0.789 bits per heavy atom. The monoisotopic (exact) mass is 288 g/mol. The minimum atomic E-state index is -1.27. The van der Waals surface area contributed by atoms with Crippen molar-refractivity contribution in [1.82, 2.24) is 0 Å². The van der Waals surface area contributed by atoms with Crippen LogP contribution in [0.15, 0.2) is 0 Å². The summed E-state index contributed by atoms with van der Waals surface area (Å²) < 4.78 is 14.7. The van der Waals surface area contributed by atoms with Gasteiger partial charge in [0.25, 0.3) is 0 Å². The SMILES string of the molecule is [2H]C([2H])(S)CCCCCCCCCCCCCCCCC. The molecule has 1 heteroatoms. The summed E-state index contributed by atoms with van der Waals surface area (Å²) in [5, 5.41) is 0. The van der Waals surface area contributed by atoms with Crippen LogP contribution < -0.4 is 0 Å². The highest BCUT2D eigenvalue weighted by molar-refractivity contribution is 7.80. The van der Waals surface area contributed by atoms with Crippen LogP contribution in [0.4, 0.5) is 0 Å². The molecule has 0 atom stereocenters. The van der Waals surface area contributed by atoms with Gasteiger partial charge in [0.05, 0.1) is 0 Å². The Morgan fingerprint density at radius 1 is 0.526 bits per heavy atom. The van der Waals surface area contributed by atoms with Crippen LogP contribution in [0.25, 0.3) is 0 Å². The lowest BCUT2D eigenvalue weighted by molar-refractivity contribution is 0.532. The highest BCUT2D eigenvalue weighted by Crippen LogP contribution is 2.13. The first-order valence-electron chi connectivity index (χ1n) is 9.78. The third-order valence-corrected chi connectivity index (χ3v) is 4.12. The Kier molecular flexibility index (Phi) is 15.2. The number of unbranched alkanes of at least 4 members (excludes halogenated alkanes) is 14. The lowest BCUT2D eigenvalue weighted by atomic mass is 10.0. The second-order valence-electron chi connectivity index (χ2n) is 5.86. The zero-order valence-electron chi connectivity index (χ0n) is 15.3. The smallest absolute Gasteiger partial charge is 0.0378 e. The maximum absolute atomic E-state index is 7.34. The minimum absolute atomic E-state index is 0.592. The summed E-state index contributed by atoms with van der Waals surface area (Å²) in [6, 6.07) is 0. The van der Waals surface area contributed by atoms with Crippen LogP contribution in [0.1, 0.15) is 112 Å². The Labute approximate surface area is 131 Å². The highest BCUT2D eigenvalue weighted by atomic mass is 32.1. The minimum Gasteiger partial charge on any atom is -0.179 e. The molecule has 0 saturated heterocycles. The molecule has 0 rings (SSSR count). The summed E-state index contributed by atoms with van der Waals surface area (Å²) >= 11 is 3.91. The van der Waals surface area contributed by atoms with Crippen molar-refractivity contribution in [2.75, 3.05) is 5.70 Å². The van der Waals surface area contributed by atoms with Crippen LogP contribution in [-0.4, -0.2) is 5.70 Å². The molecule has 0 fully saturated rings. The van der Waals surface area contributed by atoms with Gasteiger partial charge >= 0.3 is 0 Å². The number of rotatable bonds is 16. The molecule has 0 aliphatic rings. The molecule has 0 aromatic heterocycles. The predicted octanol–water partition coefficient (Wildman–Crippen LogP) is 7.18. The lowest BCUT2D eigenvalue weighted by Gasteiger charge is -2.03. The van der Waals surface area contributed by atoms with Crippen molar-refractivity contribution >= 4 is 12.6 Å². The molecule has 116 valence electrons. The van der Waals surface area contributed by atoms with Gasteiger partial charge in [-0.05, 0) is 12.1 Å². The lowest BCUT2D eigenvalue weighted by Crippen LogP contribution is -1.83. The summed E-state index contributed by atoms with van der Waals surface area (Å²) in [6.07, 6.45) is 20.9. The maximum atomic E-state index is 7.34. The van der Waals surface area contributed by atoms with Gasteiger partial charge in [-0.1, -0.05) is 103 Å². The van der Waals surface area contributed by atoms with Crippen LogP contribution in [0.5, 0.6) is 0 Å². The molecule has 0 amide bonds. The largest absolute Gasteiger partial charge is 0.179 e. The molecule has 0 spiro atoms. The zero-order valence-corrected chi connectivity index (χ0v) is 14.2. The molecule has 0 nitrogen and oxygen atoms in total. The summed E-state index contributed by atoms with van der Waals surface area (Å²) in [5.74, 6) is 0. The molecule has 0 bridgehead atoms. The molecule has 0 N–H and O–H groups in total. The second kappa shape index (κ2) is 18.4. The Hall–Kier alpha value is 0.350. The molecule has 0 aliphatic carbocycles. The van der Waals surface area contributed by atoms with Gasteiger partial charge in [-0.15, -0.1) is 0 Å². The van der Waals surface area contributed by atoms with Crippen molar-refractivity contribution in [2.24, 2.45) is 0 Å². The van der Waals surface area contributed by atoms with Gasteiger partial charge in [-0.3, -0.25) is 0 Å². The normalized spacial score (nSPS) is 13.4. The van der Waals surface area contributed by atoms with Crippen LogP contribution in [0.3, 0.4) is 0 Å². The van der Waals surface area contributed by atoms with E-state index in [4.69, 9.17) is 2.74 Å². The average molecular weight is 289 g/mol. The van der Waals surface area contributed by atoms with Crippen molar-refractivity contribution in [1.29, 1.82) is 0 Å². The number of thiol groups is 1. The fourth-order valence-corrected chi connectivity index (χ4v) is 2.73. The van der Waals surface area contributed by atoms with Crippen LogP contribution >= 0.6 is 12.6 Å². The van der Waals surface area contributed by atoms with Crippen molar-refractivity contribution in [2.45, 2.75) is 110 Å². The highest BCUT2D eigenvalue weighted by Gasteiger charge is 1.94. The molecular weight excluding hydrogens is 248 g/mol. The van der Waals surface area contributed by atoms with E-state index in [0.29, 0.717) is 6.42 Å². The van der Waals surface area contributed by atoms with Crippen molar-refractivity contribution in [3.63, 3.8) is 0 Å². The second-order valence-corrected chi connectivity index (χ2v) is 6.17. The van der Waals surface area contributed by atoms with E-state index in [0.717, 1.165) is 12.8 Å². The van der Waals surface area contributed by atoms with Crippen molar-refractivity contribution in [3.05, 3.63) is 0 Å². The van der Waals surface area contributed by atoms with E-state index in [-0.39, 0.29) is 0 Å².